The van der Waals surface area contributed by atoms with Crippen molar-refractivity contribution in [3.05, 3.63) is 35.9 Å². The standard InChI is InChI=1S/C15H24N2O2S2/c1-13-15(14-7-4-3-5-8-14)17(10-11-20-13)9-6-12-21(18,19)16-2/h3-5,7-8,13,15-16H,6,9-12H2,1-2H3/t13-,15-/m0/s1. The maximum atomic E-state index is 11.5. The van der Waals surface area contributed by atoms with Crippen molar-refractivity contribution in [3.63, 3.8) is 0 Å². The topological polar surface area (TPSA) is 49.4 Å². The second-order valence-electron chi connectivity index (χ2n) is 5.34. The van der Waals surface area contributed by atoms with Gasteiger partial charge in [0, 0.05) is 23.6 Å². The molecule has 1 fully saturated rings. The number of thioether (sulfide) groups is 1. The molecule has 0 saturated carbocycles. The van der Waals surface area contributed by atoms with Crippen LogP contribution in [0.15, 0.2) is 30.3 Å². The summed E-state index contributed by atoms with van der Waals surface area (Å²) >= 11 is 2.00. The largest absolute Gasteiger partial charge is 0.294 e. The van der Waals surface area contributed by atoms with Gasteiger partial charge >= 0.3 is 0 Å². The first-order chi connectivity index (χ1) is 10.0. The van der Waals surface area contributed by atoms with E-state index in [0.717, 1.165) is 18.8 Å². The van der Waals surface area contributed by atoms with Gasteiger partial charge in [0.1, 0.15) is 0 Å². The molecular formula is C15H24N2O2S2. The van der Waals surface area contributed by atoms with Crippen molar-refractivity contribution in [3.8, 4) is 0 Å². The Hall–Kier alpha value is -0.560. The van der Waals surface area contributed by atoms with Crippen LogP contribution in [0.1, 0.15) is 24.9 Å². The predicted molar refractivity (Wildman–Crippen MR) is 90.1 cm³/mol. The average Bonchev–Trinajstić information content (AvgIpc) is 2.48. The Labute approximate surface area is 132 Å². The van der Waals surface area contributed by atoms with Crippen LogP contribution in [0.4, 0.5) is 0 Å². The Balaban J connectivity index is 2.02. The maximum absolute atomic E-state index is 11.5. The molecule has 4 nitrogen and oxygen atoms in total. The lowest BCUT2D eigenvalue weighted by molar-refractivity contribution is 0.201. The predicted octanol–water partition coefficient (Wildman–Crippen LogP) is 2.10. The molecule has 1 N–H and O–H groups in total. The van der Waals surface area contributed by atoms with E-state index in [-0.39, 0.29) is 5.75 Å². The highest BCUT2D eigenvalue weighted by Gasteiger charge is 2.30. The SMILES string of the molecule is CNS(=O)(=O)CCCN1CCS[C@@H](C)[C@H]1c1ccccc1. The summed E-state index contributed by atoms with van der Waals surface area (Å²) in [5, 5.41) is 0.530. The third-order valence-corrected chi connectivity index (χ3v) is 6.56. The lowest BCUT2D eigenvalue weighted by Crippen LogP contribution is -2.41. The van der Waals surface area contributed by atoms with Gasteiger partial charge in [-0.3, -0.25) is 4.90 Å². The van der Waals surface area contributed by atoms with Crippen LogP contribution in [-0.2, 0) is 10.0 Å². The minimum absolute atomic E-state index is 0.197. The van der Waals surface area contributed by atoms with E-state index in [1.165, 1.54) is 12.6 Å². The number of hydrogen-bond acceptors (Lipinski definition) is 4. The fraction of sp³-hybridized carbons (Fsp3) is 0.600. The highest BCUT2D eigenvalue weighted by Crippen LogP contribution is 2.35. The Kier molecular flexibility index (Phi) is 6.10. The van der Waals surface area contributed by atoms with E-state index >= 15 is 0 Å². The van der Waals surface area contributed by atoms with E-state index in [1.54, 1.807) is 0 Å². The quantitative estimate of drug-likeness (QED) is 0.869. The molecule has 1 aliphatic heterocycles. The molecule has 0 radical (unpaired) electrons. The summed E-state index contributed by atoms with van der Waals surface area (Å²) in [7, 11) is -1.62. The van der Waals surface area contributed by atoms with Crippen LogP contribution in [0, 0.1) is 0 Å². The molecule has 0 bridgehead atoms. The molecule has 2 atom stereocenters. The summed E-state index contributed by atoms with van der Waals surface area (Å²) < 4.78 is 25.4. The second-order valence-corrected chi connectivity index (χ2v) is 8.88. The zero-order valence-corrected chi connectivity index (χ0v) is 14.3. The first kappa shape index (κ1) is 16.8. The van der Waals surface area contributed by atoms with Gasteiger partial charge in [-0.05, 0) is 25.6 Å². The molecule has 1 aliphatic rings. The monoisotopic (exact) mass is 328 g/mol. The molecule has 1 aromatic rings. The molecule has 1 aromatic carbocycles. The van der Waals surface area contributed by atoms with E-state index in [2.05, 4.69) is 40.8 Å². The van der Waals surface area contributed by atoms with Gasteiger partial charge in [-0.2, -0.15) is 11.8 Å². The number of rotatable bonds is 6. The number of sulfonamides is 1. The van der Waals surface area contributed by atoms with E-state index in [0.29, 0.717) is 17.7 Å². The molecular weight excluding hydrogens is 304 g/mol. The van der Waals surface area contributed by atoms with Crippen molar-refractivity contribution in [2.75, 3.05) is 31.6 Å². The first-order valence-electron chi connectivity index (χ1n) is 7.35. The molecule has 1 saturated heterocycles. The van der Waals surface area contributed by atoms with Gasteiger partial charge < -0.3 is 0 Å². The molecule has 6 heteroatoms. The lowest BCUT2D eigenvalue weighted by Gasteiger charge is -2.40. The Bertz CT molecular complexity index is 534. The zero-order valence-electron chi connectivity index (χ0n) is 12.7. The zero-order chi connectivity index (χ0) is 15.3. The van der Waals surface area contributed by atoms with Gasteiger partial charge in [0.25, 0.3) is 0 Å². The maximum Gasteiger partial charge on any atom is 0.211 e. The highest BCUT2D eigenvalue weighted by atomic mass is 32.2. The summed E-state index contributed by atoms with van der Waals surface area (Å²) in [4.78, 5) is 2.43. The normalized spacial score (nSPS) is 24.1. The third-order valence-electron chi connectivity index (χ3n) is 3.91. The van der Waals surface area contributed by atoms with Gasteiger partial charge in [-0.25, -0.2) is 13.1 Å². The van der Waals surface area contributed by atoms with Crippen LogP contribution in [-0.4, -0.2) is 50.2 Å². The Morgan fingerprint density at radius 3 is 2.71 bits per heavy atom. The van der Waals surface area contributed by atoms with Crippen molar-refractivity contribution >= 4 is 21.8 Å². The molecule has 2 rings (SSSR count). The first-order valence-corrected chi connectivity index (χ1v) is 10.1. The smallest absolute Gasteiger partial charge is 0.211 e. The molecule has 0 aromatic heterocycles. The number of nitrogens with one attached hydrogen (secondary N) is 1. The summed E-state index contributed by atoms with van der Waals surface area (Å²) in [6.45, 7) is 4.11. The van der Waals surface area contributed by atoms with Crippen molar-refractivity contribution < 1.29 is 8.42 Å². The summed E-state index contributed by atoms with van der Waals surface area (Å²) in [6, 6.07) is 10.9. The van der Waals surface area contributed by atoms with E-state index < -0.39 is 10.0 Å². The van der Waals surface area contributed by atoms with Crippen molar-refractivity contribution in [1.82, 2.24) is 9.62 Å². The van der Waals surface area contributed by atoms with Crippen LogP contribution in [0.5, 0.6) is 0 Å². The van der Waals surface area contributed by atoms with Crippen molar-refractivity contribution in [1.29, 1.82) is 0 Å². The molecule has 0 spiro atoms. The van der Waals surface area contributed by atoms with Crippen LogP contribution >= 0.6 is 11.8 Å². The highest BCUT2D eigenvalue weighted by molar-refractivity contribution is 8.00. The molecule has 118 valence electrons. The summed E-state index contributed by atoms with van der Waals surface area (Å²) in [6.07, 6.45) is 0.671. The van der Waals surface area contributed by atoms with Crippen LogP contribution in [0.3, 0.4) is 0 Å². The Morgan fingerprint density at radius 2 is 2.05 bits per heavy atom. The van der Waals surface area contributed by atoms with Crippen LogP contribution in [0.25, 0.3) is 0 Å². The lowest BCUT2D eigenvalue weighted by atomic mass is 10.0. The van der Waals surface area contributed by atoms with Gasteiger partial charge in [0.2, 0.25) is 10.0 Å². The van der Waals surface area contributed by atoms with Crippen molar-refractivity contribution in [2.24, 2.45) is 0 Å². The molecule has 0 aliphatic carbocycles. The second kappa shape index (κ2) is 7.63. The van der Waals surface area contributed by atoms with Crippen LogP contribution in [0.2, 0.25) is 0 Å². The number of benzene rings is 1. The molecule has 1 heterocycles. The number of hydrogen-bond donors (Lipinski definition) is 1. The summed E-state index contributed by atoms with van der Waals surface area (Å²) in [5.74, 6) is 1.31. The third kappa shape index (κ3) is 4.71. The van der Waals surface area contributed by atoms with Gasteiger partial charge in [-0.15, -0.1) is 0 Å². The average molecular weight is 329 g/mol. The van der Waals surface area contributed by atoms with E-state index in [9.17, 15) is 8.42 Å². The minimum Gasteiger partial charge on any atom is -0.294 e. The Morgan fingerprint density at radius 1 is 1.33 bits per heavy atom. The molecule has 0 amide bonds. The molecule has 21 heavy (non-hydrogen) atoms. The minimum atomic E-state index is -3.10. The van der Waals surface area contributed by atoms with Crippen molar-refractivity contribution in [2.45, 2.75) is 24.6 Å². The van der Waals surface area contributed by atoms with Gasteiger partial charge in [-0.1, -0.05) is 37.3 Å². The van der Waals surface area contributed by atoms with E-state index in [1.807, 2.05) is 17.8 Å². The fourth-order valence-electron chi connectivity index (χ4n) is 2.83. The fourth-order valence-corrected chi connectivity index (χ4v) is 4.76. The van der Waals surface area contributed by atoms with E-state index in [4.69, 9.17) is 0 Å². The van der Waals surface area contributed by atoms with Gasteiger partial charge in [0.15, 0.2) is 0 Å². The van der Waals surface area contributed by atoms with Gasteiger partial charge in [0.05, 0.1) is 5.75 Å². The molecule has 0 unspecified atom stereocenters. The van der Waals surface area contributed by atoms with Crippen LogP contribution < -0.4 is 4.72 Å². The number of nitrogens with zero attached hydrogens (tertiary/aromatic N) is 1. The summed E-state index contributed by atoms with van der Waals surface area (Å²) in [5.41, 5.74) is 1.33.